The minimum absolute atomic E-state index is 0.406. The molecule has 0 bridgehead atoms. The number of rotatable bonds is 3. The summed E-state index contributed by atoms with van der Waals surface area (Å²) in [4.78, 5) is 15.3. The first-order valence-corrected chi connectivity index (χ1v) is 4.36. The third-order valence-corrected chi connectivity index (χ3v) is 2.06. The van der Waals surface area contributed by atoms with Gasteiger partial charge in [0, 0.05) is 0 Å². The number of carbonyl (C=O) groups is 1. The zero-order valence-corrected chi connectivity index (χ0v) is 7.87. The van der Waals surface area contributed by atoms with Crippen LogP contribution in [0.4, 0.5) is 5.82 Å². The molecule has 1 rings (SSSR count). The molecule has 0 radical (unpaired) electrons. The number of aromatic nitrogens is 1. The van der Waals surface area contributed by atoms with Crippen molar-refractivity contribution in [1.29, 1.82) is 0 Å². The van der Waals surface area contributed by atoms with Crippen molar-refractivity contribution < 1.29 is 9.53 Å². The van der Waals surface area contributed by atoms with Crippen LogP contribution in [0.3, 0.4) is 0 Å². The highest BCUT2D eigenvalue weighted by Gasteiger charge is 2.13. The van der Waals surface area contributed by atoms with Gasteiger partial charge in [0.15, 0.2) is 10.7 Å². The van der Waals surface area contributed by atoms with Crippen LogP contribution < -0.4 is 5.32 Å². The Bertz CT molecular complexity index is 297. The van der Waals surface area contributed by atoms with Gasteiger partial charge in [0.25, 0.3) is 0 Å². The van der Waals surface area contributed by atoms with E-state index in [9.17, 15) is 4.79 Å². The first kappa shape index (κ1) is 9.08. The molecule has 0 fully saturated rings. The molecule has 64 valence electrons. The van der Waals surface area contributed by atoms with Gasteiger partial charge in [-0.25, -0.2) is 9.78 Å². The maximum absolute atomic E-state index is 11.0. The summed E-state index contributed by atoms with van der Waals surface area (Å²) < 4.78 is 4.53. The van der Waals surface area contributed by atoms with E-state index in [1.807, 2.05) is 0 Å². The first-order valence-electron chi connectivity index (χ1n) is 3.01. The van der Waals surface area contributed by atoms with Crippen molar-refractivity contribution >= 4 is 40.8 Å². The molecule has 0 spiro atoms. The molecule has 6 heteroatoms. The minimum Gasteiger partial charge on any atom is -0.465 e. The topological polar surface area (TPSA) is 51.2 Å². The maximum atomic E-state index is 11.0. The van der Waals surface area contributed by atoms with Crippen molar-refractivity contribution in [1.82, 2.24) is 4.98 Å². The molecule has 1 N–H and O–H groups in total. The van der Waals surface area contributed by atoms with E-state index in [-0.39, 0.29) is 0 Å². The smallest absolute Gasteiger partial charge is 0.351 e. The van der Waals surface area contributed by atoms with Crippen LogP contribution in [-0.2, 0) is 4.74 Å². The molecule has 0 amide bonds. The number of hydrogen-bond acceptors (Lipinski definition) is 5. The van der Waals surface area contributed by atoms with Crippen molar-refractivity contribution in [3.05, 3.63) is 10.4 Å². The number of carbonyl (C=O) groups excluding carboxylic acids is 1. The number of anilines is 1. The number of ether oxygens (including phenoxy) is 1. The van der Waals surface area contributed by atoms with Crippen molar-refractivity contribution in [2.75, 3.05) is 12.4 Å². The van der Waals surface area contributed by atoms with Gasteiger partial charge in [-0.05, 0) is 0 Å². The number of thiazole rings is 1. The summed E-state index contributed by atoms with van der Waals surface area (Å²) in [5.41, 5.74) is 2.84. The maximum Gasteiger partial charge on any atom is 0.351 e. The Morgan fingerprint density at radius 3 is 3.25 bits per heavy atom. The molecule has 0 unspecified atom stereocenters. The molecule has 0 aliphatic rings. The zero-order chi connectivity index (χ0) is 8.97. The number of hydrogen-bond donors (Lipinski definition) is 1. The lowest BCUT2D eigenvalue weighted by Gasteiger charge is -1.97. The largest absolute Gasteiger partial charge is 0.465 e. The summed E-state index contributed by atoms with van der Waals surface area (Å²) in [7, 11) is 1.32. The summed E-state index contributed by atoms with van der Waals surface area (Å²) in [6.45, 7) is 0. The van der Waals surface area contributed by atoms with E-state index in [0.717, 1.165) is 0 Å². The lowest BCUT2D eigenvalue weighted by atomic mass is 10.5. The molecule has 0 saturated carbocycles. The predicted molar refractivity (Wildman–Crippen MR) is 50.7 cm³/mol. The summed E-state index contributed by atoms with van der Waals surface area (Å²) in [5.74, 6) is 0.0405. The quantitative estimate of drug-likeness (QED) is 0.591. The standard InChI is InChI=1S/C6H6N2O2S2/c1-10-6(9)4-5(7-2-11)8-3-12-4/h2-3H,1H3,(H,7,11). The molecule has 1 aromatic rings. The summed E-state index contributed by atoms with van der Waals surface area (Å²) in [6, 6.07) is 0. The van der Waals surface area contributed by atoms with Crippen LogP contribution in [0.5, 0.6) is 0 Å². The predicted octanol–water partition coefficient (Wildman–Crippen LogP) is 1.30. The number of methoxy groups -OCH3 is 1. The first-order chi connectivity index (χ1) is 5.79. The molecule has 0 aliphatic heterocycles. The van der Waals surface area contributed by atoms with Crippen LogP contribution in [-0.4, -0.2) is 23.6 Å². The molecular weight excluding hydrogens is 196 g/mol. The van der Waals surface area contributed by atoms with E-state index in [2.05, 4.69) is 27.3 Å². The fourth-order valence-corrected chi connectivity index (χ4v) is 1.42. The van der Waals surface area contributed by atoms with Crippen LogP contribution >= 0.6 is 23.6 Å². The van der Waals surface area contributed by atoms with E-state index in [0.29, 0.717) is 10.7 Å². The Morgan fingerprint density at radius 1 is 1.92 bits per heavy atom. The van der Waals surface area contributed by atoms with Gasteiger partial charge in [-0.3, -0.25) is 0 Å². The zero-order valence-electron chi connectivity index (χ0n) is 6.23. The molecule has 0 atom stereocenters. The van der Waals surface area contributed by atoms with Crippen molar-refractivity contribution in [2.45, 2.75) is 0 Å². The van der Waals surface area contributed by atoms with Gasteiger partial charge in [0.2, 0.25) is 0 Å². The van der Waals surface area contributed by atoms with Crippen molar-refractivity contribution in [2.24, 2.45) is 0 Å². The van der Waals surface area contributed by atoms with Gasteiger partial charge >= 0.3 is 5.97 Å². The fourth-order valence-electron chi connectivity index (χ4n) is 0.642. The van der Waals surface area contributed by atoms with Crippen LogP contribution in [0.25, 0.3) is 0 Å². The Hall–Kier alpha value is -1.01. The average Bonchev–Trinajstić information content (AvgIpc) is 2.52. The lowest BCUT2D eigenvalue weighted by Crippen LogP contribution is -2.03. The van der Waals surface area contributed by atoms with Gasteiger partial charge < -0.3 is 10.1 Å². The Labute approximate surface area is 78.6 Å². The van der Waals surface area contributed by atoms with Crippen LogP contribution in [0, 0.1) is 0 Å². The van der Waals surface area contributed by atoms with Crippen LogP contribution in [0.1, 0.15) is 9.67 Å². The van der Waals surface area contributed by atoms with E-state index in [1.54, 1.807) is 5.51 Å². The van der Waals surface area contributed by atoms with Crippen molar-refractivity contribution in [3.8, 4) is 0 Å². The second-order valence-electron chi connectivity index (χ2n) is 1.78. The van der Waals surface area contributed by atoms with Crippen LogP contribution in [0.15, 0.2) is 5.51 Å². The second-order valence-corrected chi connectivity index (χ2v) is 2.87. The summed E-state index contributed by atoms with van der Waals surface area (Å²) in [5, 5.41) is 2.66. The van der Waals surface area contributed by atoms with Gasteiger partial charge in [0.05, 0.1) is 18.1 Å². The number of nitrogens with zero attached hydrogens (tertiary/aromatic N) is 1. The third kappa shape index (κ3) is 1.77. The molecule has 0 saturated heterocycles. The molecule has 0 aromatic carbocycles. The van der Waals surface area contributed by atoms with E-state index < -0.39 is 5.97 Å². The molecule has 1 aromatic heterocycles. The molecule has 1 heterocycles. The monoisotopic (exact) mass is 202 g/mol. The highest BCUT2D eigenvalue weighted by molar-refractivity contribution is 7.79. The van der Waals surface area contributed by atoms with E-state index in [1.165, 1.54) is 23.9 Å². The number of nitrogens with one attached hydrogen (secondary N) is 1. The highest BCUT2D eigenvalue weighted by atomic mass is 32.1. The van der Waals surface area contributed by atoms with Gasteiger partial charge in [0.1, 0.15) is 0 Å². The lowest BCUT2D eigenvalue weighted by molar-refractivity contribution is 0.0607. The fraction of sp³-hybridized carbons (Fsp3) is 0.167. The molecular formula is C6H6N2O2S2. The SMILES string of the molecule is COC(=O)c1scnc1NC=S. The van der Waals surface area contributed by atoms with Crippen molar-refractivity contribution in [3.63, 3.8) is 0 Å². The van der Waals surface area contributed by atoms with Gasteiger partial charge in [-0.15, -0.1) is 11.3 Å². The number of thiocarbonyl (C=S) groups is 1. The van der Waals surface area contributed by atoms with Gasteiger partial charge in [-0.1, -0.05) is 12.2 Å². The summed E-state index contributed by atoms with van der Waals surface area (Å²) in [6.07, 6.45) is 0. The van der Waals surface area contributed by atoms with E-state index in [4.69, 9.17) is 0 Å². The molecule has 0 aliphatic carbocycles. The third-order valence-electron chi connectivity index (χ3n) is 1.13. The van der Waals surface area contributed by atoms with Crippen LogP contribution in [0.2, 0.25) is 0 Å². The summed E-state index contributed by atoms with van der Waals surface area (Å²) >= 11 is 5.77. The number of esters is 1. The Kier molecular flexibility index (Phi) is 3.12. The molecule has 12 heavy (non-hydrogen) atoms. The minimum atomic E-state index is -0.406. The average molecular weight is 202 g/mol. The highest BCUT2D eigenvalue weighted by Crippen LogP contribution is 2.18. The van der Waals surface area contributed by atoms with E-state index >= 15 is 0 Å². The van der Waals surface area contributed by atoms with Gasteiger partial charge in [-0.2, -0.15) is 0 Å². The molecule has 4 nitrogen and oxygen atoms in total. The second kappa shape index (κ2) is 4.13. The normalized spacial score (nSPS) is 9.08. The Balaban J connectivity index is 2.90. The Morgan fingerprint density at radius 2 is 2.67 bits per heavy atom.